The number of aliphatic carboxylic acids is 1. The molecule has 0 saturated heterocycles. The molecule has 0 aliphatic rings. The van der Waals surface area contributed by atoms with Crippen molar-refractivity contribution >= 4 is 17.9 Å². The van der Waals surface area contributed by atoms with Crippen LogP contribution < -0.4 is 0 Å². The second-order valence-corrected chi connectivity index (χ2v) is 29.8. The van der Waals surface area contributed by atoms with Gasteiger partial charge in [-0.05, 0) is 96.3 Å². The van der Waals surface area contributed by atoms with E-state index in [0.29, 0.717) is 17.4 Å². The Morgan fingerprint density at radius 2 is 0.576 bits per heavy atom. The Balaban J connectivity index is 3.96. The Labute approximate surface area is 613 Å². The van der Waals surface area contributed by atoms with Gasteiger partial charge < -0.3 is 28.5 Å². The van der Waals surface area contributed by atoms with E-state index in [-0.39, 0.29) is 38.2 Å². The summed E-state index contributed by atoms with van der Waals surface area (Å²) in [6.07, 6.45) is 109. The summed E-state index contributed by atoms with van der Waals surface area (Å²) in [5, 5.41) is 9.79. The highest BCUT2D eigenvalue weighted by Gasteiger charge is 2.25. The molecule has 574 valence electrons. The van der Waals surface area contributed by atoms with Gasteiger partial charge >= 0.3 is 17.9 Å². The highest BCUT2D eigenvalue weighted by atomic mass is 16.7. The van der Waals surface area contributed by atoms with Crippen molar-refractivity contribution in [2.75, 3.05) is 47.5 Å². The summed E-state index contributed by atoms with van der Waals surface area (Å²) in [4.78, 5) is 37.8. The van der Waals surface area contributed by atoms with E-state index in [0.717, 1.165) is 83.5 Å². The van der Waals surface area contributed by atoms with Crippen LogP contribution in [0.5, 0.6) is 0 Å². The summed E-state index contributed by atoms with van der Waals surface area (Å²) in [6, 6.07) is 0. The third kappa shape index (κ3) is 81.4. The number of hydrogen-bond donors (Lipinski definition) is 1. The zero-order valence-corrected chi connectivity index (χ0v) is 65.9. The standard InChI is InChI=1S/C90H161NO8/c1-6-8-10-12-14-16-18-20-22-24-26-28-30-32-34-36-38-40-42-44-46-48-50-52-54-56-58-60-62-64-66-68-70-72-74-76-78-80-87(92)97-84-86(85-98-90(89(94)95)96-83-82-91(3,4)5)99-88(93)81-79-77-75-73-71-69-67-65-63-61-59-57-55-53-51-49-47-45-43-41-39-37-35-33-31-29-27-25-23-21-19-17-15-13-11-9-7-2/h9,11,15,17-18,20-21,23-24,26-27,29-30,32-33,35,86,90H,6-8,10,12-14,16,19,22,25,28,31,34,36-85H2,1-5H3/p+1/b11-9-,17-15-,20-18-,23-21-,26-24-,29-27-,32-30-,35-33-. The molecule has 0 amide bonds. The Kier molecular flexibility index (Phi) is 76.8. The van der Waals surface area contributed by atoms with Gasteiger partial charge in [0.05, 0.1) is 34.4 Å². The summed E-state index contributed by atoms with van der Waals surface area (Å²) >= 11 is 0. The average Bonchev–Trinajstić information content (AvgIpc) is 2.19. The zero-order valence-electron chi connectivity index (χ0n) is 65.9. The molecule has 2 unspecified atom stereocenters. The first-order chi connectivity index (χ1) is 48.6. The number of rotatable bonds is 79. The van der Waals surface area contributed by atoms with Crippen LogP contribution in [0.4, 0.5) is 0 Å². The fraction of sp³-hybridized carbons (Fsp3) is 0.789. The lowest BCUT2D eigenvalue weighted by Crippen LogP contribution is -2.40. The number of carbonyl (C=O) groups is 3. The van der Waals surface area contributed by atoms with Gasteiger partial charge in [-0.15, -0.1) is 0 Å². The first kappa shape index (κ1) is 95.2. The molecule has 0 aromatic rings. The van der Waals surface area contributed by atoms with Crippen molar-refractivity contribution in [2.24, 2.45) is 0 Å². The molecule has 9 nitrogen and oxygen atoms in total. The van der Waals surface area contributed by atoms with Gasteiger partial charge in [-0.3, -0.25) is 9.59 Å². The fourth-order valence-electron chi connectivity index (χ4n) is 12.4. The van der Waals surface area contributed by atoms with Crippen LogP contribution in [0.15, 0.2) is 97.2 Å². The minimum atomic E-state index is -1.51. The molecule has 0 aromatic carbocycles. The summed E-state index contributed by atoms with van der Waals surface area (Å²) in [5.41, 5.74) is 0. The number of carboxylic acid groups (broad SMARTS) is 1. The smallest absolute Gasteiger partial charge is 0.361 e. The molecule has 0 aromatic heterocycles. The first-order valence-electron chi connectivity index (χ1n) is 42.4. The largest absolute Gasteiger partial charge is 0.477 e. The lowest BCUT2D eigenvalue weighted by molar-refractivity contribution is -0.870. The van der Waals surface area contributed by atoms with Gasteiger partial charge in [0.25, 0.3) is 6.29 Å². The predicted octanol–water partition coefficient (Wildman–Crippen LogP) is 27.5. The van der Waals surface area contributed by atoms with Crippen molar-refractivity contribution in [3.05, 3.63) is 97.2 Å². The summed E-state index contributed by atoms with van der Waals surface area (Å²) in [7, 11) is 6.00. The molecule has 1 N–H and O–H groups in total. The van der Waals surface area contributed by atoms with E-state index in [9.17, 15) is 19.5 Å². The Morgan fingerprint density at radius 1 is 0.313 bits per heavy atom. The lowest BCUT2D eigenvalue weighted by atomic mass is 10.0. The van der Waals surface area contributed by atoms with Gasteiger partial charge in [0.1, 0.15) is 13.2 Å². The van der Waals surface area contributed by atoms with Gasteiger partial charge in [-0.1, -0.05) is 387 Å². The maximum Gasteiger partial charge on any atom is 0.361 e. The van der Waals surface area contributed by atoms with Gasteiger partial charge in [0.15, 0.2) is 6.10 Å². The first-order valence-corrected chi connectivity index (χ1v) is 42.4. The molecule has 0 saturated carbocycles. The number of allylic oxidation sites excluding steroid dienone is 16. The summed E-state index contributed by atoms with van der Waals surface area (Å²) < 4.78 is 23.1. The number of quaternary nitrogens is 1. The van der Waals surface area contributed by atoms with Crippen molar-refractivity contribution in [1.82, 2.24) is 0 Å². The second kappa shape index (κ2) is 79.9. The van der Waals surface area contributed by atoms with Crippen LogP contribution >= 0.6 is 0 Å². The van der Waals surface area contributed by atoms with Crippen molar-refractivity contribution < 1.29 is 42.9 Å². The summed E-state index contributed by atoms with van der Waals surface area (Å²) in [5.74, 6) is -1.98. The van der Waals surface area contributed by atoms with E-state index in [1.807, 2.05) is 21.1 Å². The molecule has 0 rings (SSSR count). The van der Waals surface area contributed by atoms with Gasteiger partial charge in [-0.25, -0.2) is 4.79 Å². The van der Waals surface area contributed by atoms with E-state index in [4.69, 9.17) is 18.9 Å². The molecule has 0 bridgehead atoms. The fourth-order valence-corrected chi connectivity index (χ4v) is 12.4. The highest BCUT2D eigenvalue weighted by Crippen LogP contribution is 2.20. The van der Waals surface area contributed by atoms with E-state index in [2.05, 4.69) is 111 Å². The van der Waals surface area contributed by atoms with Crippen LogP contribution in [-0.2, 0) is 33.3 Å². The van der Waals surface area contributed by atoms with Crippen molar-refractivity contribution in [3.8, 4) is 0 Å². The van der Waals surface area contributed by atoms with E-state index < -0.39 is 18.4 Å². The quantitative estimate of drug-likeness (QED) is 0.0211. The molecule has 0 aliphatic carbocycles. The molecule has 9 heteroatoms. The Bertz CT molecular complexity index is 1960. The molecule has 0 radical (unpaired) electrons. The monoisotopic (exact) mass is 1390 g/mol. The maximum absolute atomic E-state index is 13.0. The number of unbranched alkanes of at least 4 members (excludes halogenated alkanes) is 48. The van der Waals surface area contributed by atoms with Crippen LogP contribution in [0.1, 0.15) is 399 Å². The number of nitrogens with zero attached hydrogens (tertiary/aromatic N) is 1. The number of esters is 2. The van der Waals surface area contributed by atoms with Crippen LogP contribution in [0.3, 0.4) is 0 Å². The van der Waals surface area contributed by atoms with Crippen molar-refractivity contribution in [3.63, 3.8) is 0 Å². The number of likely N-dealkylation sites (N-methyl/N-ethyl adjacent to an activating group) is 1. The minimum Gasteiger partial charge on any atom is -0.477 e. The highest BCUT2D eigenvalue weighted by molar-refractivity contribution is 5.71. The Hall–Kier alpha value is -3.79. The number of ether oxygens (including phenoxy) is 4. The van der Waals surface area contributed by atoms with Crippen LogP contribution in [0.2, 0.25) is 0 Å². The number of carbonyl (C=O) groups excluding carboxylic acids is 2. The normalized spacial score (nSPS) is 13.1. The van der Waals surface area contributed by atoms with Gasteiger partial charge in [-0.2, -0.15) is 0 Å². The lowest BCUT2D eigenvalue weighted by Gasteiger charge is -2.25. The van der Waals surface area contributed by atoms with E-state index in [1.54, 1.807) is 0 Å². The molecule has 2 atom stereocenters. The molecular weight excluding hydrogens is 1220 g/mol. The maximum atomic E-state index is 13.0. The molecule has 0 fully saturated rings. The molecule has 0 spiro atoms. The van der Waals surface area contributed by atoms with Crippen LogP contribution in [0, 0.1) is 0 Å². The van der Waals surface area contributed by atoms with Crippen molar-refractivity contribution in [2.45, 2.75) is 411 Å². The van der Waals surface area contributed by atoms with Gasteiger partial charge in [0, 0.05) is 12.8 Å². The number of carboxylic acids is 1. The molecular formula is C90H162NO8+. The van der Waals surface area contributed by atoms with Gasteiger partial charge in [0.2, 0.25) is 0 Å². The van der Waals surface area contributed by atoms with E-state index in [1.165, 1.54) is 289 Å². The third-order valence-electron chi connectivity index (χ3n) is 18.8. The average molecular weight is 1390 g/mol. The summed E-state index contributed by atoms with van der Waals surface area (Å²) in [6.45, 7) is 4.81. The van der Waals surface area contributed by atoms with Crippen LogP contribution in [0.25, 0.3) is 0 Å². The zero-order chi connectivity index (χ0) is 71.8. The molecule has 0 heterocycles. The molecule has 99 heavy (non-hydrogen) atoms. The predicted molar refractivity (Wildman–Crippen MR) is 429 cm³/mol. The topological polar surface area (TPSA) is 108 Å². The minimum absolute atomic E-state index is 0.179. The molecule has 0 aliphatic heterocycles. The SMILES string of the molecule is CC/C=C\C/C=C\C/C=C\C/C=C\C/C=C\CCCCCCCCCCCCCCCCCCCCCCCC(=O)OC(COC(=O)CCCCCCCCCCCCCCCCCCCCCCCC/C=C\C/C=C\C/C=C\CCCCCCC)COC(OCC[N+](C)(C)C)C(=O)O. The number of hydrogen-bond acceptors (Lipinski definition) is 7. The Morgan fingerprint density at radius 3 is 0.859 bits per heavy atom. The van der Waals surface area contributed by atoms with Crippen LogP contribution in [-0.4, -0.2) is 87.4 Å². The second-order valence-electron chi connectivity index (χ2n) is 29.8. The van der Waals surface area contributed by atoms with E-state index >= 15 is 0 Å². The third-order valence-corrected chi connectivity index (χ3v) is 18.8. The van der Waals surface area contributed by atoms with Crippen molar-refractivity contribution in [1.29, 1.82) is 0 Å².